The zero-order chi connectivity index (χ0) is 16.1. The third-order valence-electron chi connectivity index (χ3n) is 3.92. The van der Waals surface area contributed by atoms with Gasteiger partial charge in [-0.3, -0.25) is 9.69 Å². The summed E-state index contributed by atoms with van der Waals surface area (Å²) in [5, 5.41) is 12.1. The third-order valence-corrected chi connectivity index (χ3v) is 4.76. The van der Waals surface area contributed by atoms with Gasteiger partial charge >= 0.3 is 0 Å². The minimum Gasteiger partial charge on any atom is -0.467 e. The standard InChI is InChI=1S/C17H20N2O3S/c20-15(16-4-1-11-22-16)13-18-7-9-19(10-8-18)17(21)6-5-14-3-2-12-23-14/h1-6,11-12,15,20H,7-10,13H2/b6-5+/t15-/m0/s1. The summed E-state index contributed by atoms with van der Waals surface area (Å²) in [6.45, 7) is 3.41. The molecule has 6 heteroatoms. The fraction of sp³-hybridized carbons (Fsp3) is 0.353. The molecule has 0 bridgehead atoms. The number of β-amino-alcohol motifs (C(OH)–C–C–N with tert-alkyl or cyclic N) is 1. The van der Waals surface area contributed by atoms with Crippen LogP contribution in [0.15, 0.2) is 46.4 Å². The van der Waals surface area contributed by atoms with Crippen molar-refractivity contribution in [2.75, 3.05) is 32.7 Å². The smallest absolute Gasteiger partial charge is 0.246 e. The highest BCUT2D eigenvalue weighted by atomic mass is 32.1. The van der Waals surface area contributed by atoms with E-state index < -0.39 is 6.10 Å². The normalized spacial score (nSPS) is 17.7. The van der Waals surface area contributed by atoms with Crippen LogP contribution in [0.2, 0.25) is 0 Å². The molecule has 23 heavy (non-hydrogen) atoms. The summed E-state index contributed by atoms with van der Waals surface area (Å²) in [4.78, 5) is 17.3. The highest BCUT2D eigenvalue weighted by Gasteiger charge is 2.22. The Morgan fingerprint density at radius 2 is 2.13 bits per heavy atom. The second-order valence-electron chi connectivity index (χ2n) is 5.51. The molecule has 0 aromatic carbocycles. The van der Waals surface area contributed by atoms with E-state index >= 15 is 0 Å². The van der Waals surface area contributed by atoms with Gasteiger partial charge in [-0.1, -0.05) is 6.07 Å². The van der Waals surface area contributed by atoms with Gasteiger partial charge in [-0.15, -0.1) is 11.3 Å². The summed E-state index contributed by atoms with van der Waals surface area (Å²) >= 11 is 1.61. The Balaban J connectivity index is 1.45. The molecule has 0 unspecified atom stereocenters. The van der Waals surface area contributed by atoms with Gasteiger partial charge in [-0.05, 0) is 29.7 Å². The van der Waals surface area contributed by atoms with Gasteiger partial charge in [0.2, 0.25) is 5.91 Å². The first kappa shape index (κ1) is 16.0. The predicted molar refractivity (Wildman–Crippen MR) is 90.0 cm³/mol. The molecule has 1 fully saturated rings. The zero-order valence-corrected chi connectivity index (χ0v) is 13.6. The fourth-order valence-electron chi connectivity index (χ4n) is 2.61. The Kier molecular flexibility index (Phi) is 5.27. The van der Waals surface area contributed by atoms with Gasteiger partial charge < -0.3 is 14.4 Å². The molecule has 1 aliphatic rings. The SMILES string of the molecule is O=C(/C=C/c1cccs1)N1CCN(C[C@H](O)c2ccco2)CC1. The van der Waals surface area contributed by atoms with Gasteiger partial charge in [0.05, 0.1) is 6.26 Å². The number of hydrogen-bond acceptors (Lipinski definition) is 5. The van der Waals surface area contributed by atoms with Crippen molar-refractivity contribution >= 4 is 23.3 Å². The Bertz CT molecular complexity index is 629. The summed E-state index contributed by atoms with van der Waals surface area (Å²) in [7, 11) is 0. The lowest BCUT2D eigenvalue weighted by atomic mass is 10.2. The second kappa shape index (κ2) is 7.59. The average Bonchev–Trinajstić information content (AvgIpc) is 3.26. The van der Waals surface area contributed by atoms with Crippen LogP contribution in [0.3, 0.4) is 0 Å². The van der Waals surface area contributed by atoms with E-state index in [4.69, 9.17) is 4.42 Å². The van der Waals surface area contributed by atoms with Crippen molar-refractivity contribution < 1.29 is 14.3 Å². The van der Waals surface area contributed by atoms with Crippen molar-refractivity contribution in [2.24, 2.45) is 0 Å². The third kappa shape index (κ3) is 4.31. The van der Waals surface area contributed by atoms with Crippen LogP contribution in [-0.2, 0) is 4.79 Å². The van der Waals surface area contributed by atoms with Crippen molar-refractivity contribution in [3.8, 4) is 0 Å². The topological polar surface area (TPSA) is 56.9 Å². The van der Waals surface area contributed by atoms with Crippen LogP contribution < -0.4 is 0 Å². The number of aliphatic hydroxyl groups excluding tert-OH is 1. The maximum absolute atomic E-state index is 12.2. The lowest BCUT2D eigenvalue weighted by Gasteiger charge is -2.34. The van der Waals surface area contributed by atoms with E-state index in [0.717, 1.165) is 18.0 Å². The number of nitrogens with zero attached hydrogens (tertiary/aromatic N) is 2. The number of hydrogen-bond donors (Lipinski definition) is 1. The molecule has 2 aromatic rings. The first-order chi connectivity index (χ1) is 11.2. The quantitative estimate of drug-likeness (QED) is 0.853. The van der Waals surface area contributed by atoms with Crippen molar-refractivity contribution in [1.29, 1.82) is 0 Å². The molecule has 5 nitrogen and oxygen atoms in total. The van der Waals surface area contributed by atoms with Crippen LogP contribution in [0.25, 0.3) is 6.08 Å². The van der Waals surface area contributed by atoms with Crippen LogP contribution in [0.5, 0.6) is 0 Å². The van der Waals surface area contributed by atoms with Crippen LogP contribution >= 0.6 is 11.3 Å². The van der Waals surface area contributed by atoms with E-state index in [1.807, 2.05) is 28.5 Å². The number of furan rings is 1. The van der Waals surface area contributed by atoms with Crippen LogP contribution in [0.1, 0.15) is 16.7 Å². The number of rotatable bonds is 5. The molecular formula is C17H20N2O3S. The van der Waals surface area contributed by atoms with Gasteiger partial charge in [0.25, 0.3) is 0 Å². The van der Waals surface area contributed by atoms with Gasteiger partial charge in [0.1, 0.15) is 11.9 Å². The Labute approximate surface area is 139 Å². The minimum absolute atomic E-state index is 0.0460. The van der Waals surface area contributed by atoms with E-state index in [-0.39, 0.29) is 5.91 Å². The molecule has 1 aliphatic heterocycles. The van der Waals surface area contributed by atoms with Gasteiger partial charge in [0, 0.05) is 43.7 Å². The molecule has 3 heterocycles. The molecule has 1 amide bonds. The highest BCUT2D eigenvalue weighted by molar-refractivity contribution is 7.10. The lowest BCUT2D eigenvalue weighted by Crippen LogP contribution is -2.49. The van der Waals surface area contributed by atoms with Crippen molar-refractivity contribution in [3.63, 3.8) is 0 Å². The largest absolute Gasteiger partial charge is 0.467 e. The van der Waals surface area contributed by atoms with E-state index in [2.05, 4.69) is 4.90 Å². The van der Waals surface area contributed by atoms with E-state index in [9.17, 15) is 9.90 Å². The molecule has 1 saturated heterocycles. The van der Waals surface area contributed by atoms with Gasteiger partial charge in [0.15, 0.2) is 0 Å². The van der Waals surface area contributed by atoms with Crippen molar-refractivity contribution in [3.05, 3.63) is 52.6 Å². The molecule has 1 atom stereocenters. The van der Waals surface area contributed by atoms with Gasteiger partial charge in [-0.25, -0.2) is 0 Å². The number of amides is 1. The minimum atomic E-state index is -0.619. The molecule has 0 spiro atoms. The number of aliphatic hydroxyl groups is 1. The fourth-order valence-corrected chi connectivity index (χ4v) is 3.23. The molecule has 2 aromatic heterocycles. The van der Waals surface area contributed by atoms with Crippen molar-refractivity contribution in [2.45, 2.75) is 6.10 Å². The summed E-state index contributed by atoms with van der Waals surface area (Å²) < 4.78 is 5.21. The first-order valence-corrected chi connectivity index (χ1v) is 8.54. The molecule has 0 aliphatic carbocycles. The van der Waals surface area contributed by atoms with Crippen LogP contribution in [0, 0.1) is 0 Å². The van der Waals surface area contributed by atoms with E-state index in [1.54, 1.807) is 35.8 Å². The Morgan fingerprint density at radius 3 is 2.78 bits per heavy atom. The molecule has 122 valence electrons. The number of carbonyl (C=O) groups excluding carboxylic acids is 1. The molecule has 1 N–H and O–H groups in total. The first-order valence-electron chi connectivity index (χ1n) is 7.67. The molecule has 3 rings (SSSR count). The predicted octanol–water partition coefficient (Wildman–Crippen LogP) is 2.23. The summed E-state index contributed by atoms with van der Waals surface area (Å²) in [5.41, 5.74) is 0. The van der Waals surface area contributed by atoms with Crippen LogP contribution in [-0.4, -0.2) is 53.5 Å². The van der Waals surface area contributed by atoms with Crippen molar-refractivity contribution in [1.82, 2.24) is 9.80 Å². The number of carbonyl (C=O) groups is 1. The molecule has 0 saturated carbocycles. The summed E-state index contributed by atoms with van der Waals surface area (Å²) in [5.74, 6) is 0.632. The van der Waals surface area contributed by atoms with Crippen LogP contribution in [0.4, 0.5) is 0 Å². The zero-order valence-electron chi connectivity index (χ0n) is 12.8. The lowest BCUT2D eigenvalue weighted by molar-refractivity contribution is -0.127. The number of thiophene rings is 1. The Morgan fingerprint density at radius 1 is 1.30 bits per heavy atom. The number of piperazine rings is 1. The maximum Gasteiger partial charge on any atom is 0.246 e. The summed E-state index contributed by atoms with van der Waals surface area (Å²) in [6, 6.07) is 7.51. The highest BCUT2D eigenvalue weighted by Crippen LogP contribution is 2.16. The van der Waals surface area contributed by atoms with E-state index in [1.165, 1.54) is 0 Å². The average molecular weight is 332 g/mol. The van der Waals surface area contributed by atoms with E-state index in [0.29, 0.717) is 25.4 Å². The molecular weight excluding hydrogens is 312 g/mol. The second-order valence-corrected chi connectivity index (χ2v) is 6.49. The monoisotopic (exact) mass is 332 g/mol. The van der Waals surface area contributed by atoms with Gasteiger partial charge in [-0.2, -0.15) is 0 Å². The maximum atomic E-state index is 12.2. The molecule has 0 radical (unpaired) electrons. The Hall–Kier alpha value is -1.89. The summed E-state index contributed by atoms with van der Waals surface area (Å²) in [6.07, 6.45) is 4.44.